The third kappa shape index (κ3) is 3.96. The molecule has 1 heterocycles. The lowest BCUT2D eigenvalue weighted by Gasteiger charge is -2.23. The molecule has 0 saturated carbocycles. The van der Waals surface area contributed by atoms with Crippen molar-refractivity contribution in [3.63, 3.8) is 0 Å². The molecular formula is C20H22N4O2. The Bertz CT molecular complexity index is 951. The van der Waals surface area contributed by atoms with Crippen LogP contribution in [0.25, 0.3) is 10.9 Å². The van der Waals surface area contributed by atoms with Gasteiger partial charge in [0.2, 0.25) is 5.91 Å². The second-order valence-electron chi connectivity index (χ2n) is 6.58. The fourth-order valence-corrected chi connectivity index (χ4v) is 2.92. The number of rotatable bonds is 6. The molecule has 1 N–H and O–H groups in total. The Kier molecular flexibility index (Phi) is 5.41. The Morgan fingerprint density at radius 3 is 2.50 bits per heavy atom. The Labute approximate surface area is 151 Å². The lowest BCUT2D eigenvalue weighted by molar-refractivity contribution is -0.122. The number of carbonyl (C=O) groups excluding carboxylic acids is 1. The summed E-state index contributed by atoms with van der Waals surface area (Å²) in [6.07, 6.45) is 0.170. The number of hydrogen-bond donors (Lipinski definition) is 1. The third-order valence-electron chi connectivity index (χ3n) is 4.32. The lowest BCUT2D eigenvalue weighted by atomic mass is 9.96. The second-order valence-corrected chi connectivity index (χ2v) is 6.58. The van der Waals surface area contributed by atoms with Crippen molar-refractivity contribution in [1.82, 2.24) is 20.3 Å². The van der Waals surface area contributed by atoms with Gasteiger partial charge in [-0.2, -0.15) is 0 Å². The first kappa shape index (κ1) is 17.8. The molecule has 0 saturated heterocycles. The molecule has 3 rings (SSSR count). The van der Waals surface area contributed by atoms with Crippen molar-refractivity contribution in [2.24, 2.45) is 5.92 Å². The maximum atomic E-state index is 12.4. The SMILES string of the molecule is CC(C)[C@@H](NC(=O)CCn1nnc2ccccc2c1=O)c1ccccc1. The van der Waals surface area contributed by atoms with Crippen LogP contribution < -0.4 is 10.9 Å². The van der Waals surface area contributed by atoms with E-state index in [2.05, 4.69) is 29.5 Å². The van der Waals surface area contributed by atoms with Gasteiger partial charge in [0.15, 0.2) is 0 Å². The van der Waals surface area contributed by atoms with Gasteiger partial charge < -0.3 is 5.32 Å². The molecule has 0 bridgehead atoms. The van der Waals surface area contributed by atoms with Crippen molar-refractivity contribution >= 4 is 16.8 Å². The van der Waals surface area contributed by atoms with Crippen LogP contribution in [0.3, 0.4) is 0 Å². The van der Waals surface area contributed by atoms with E-state index in [9.17, 15) is 9.59 Å². The summed E-state index contributed by atoms with van der Waals surface area (Å²) in [5, 5.41) is 11.5. The lowest BCUT2D eigenvalue weighted by Crippen LogP contribution is -2.33. The molecule has 134 valence electrons. The number of benzene rings is 2. The van der Waals surface area contributed by atoms with Crippen LogP contribution in [-0.4, -0.2) is 20.9 Å². The number of aromatic nitrogens is 3. The largest absolute Gasteiger partial charge is 0.349 e. The highest BCUT2D eigenvalue weighted by Crippen LogP contribution is 2.21. The number of carbonyl (C=O) groups is 1. The van der Waals surface area contributed by atoms with Crippen LogP contribution >= 0.6 is 0 Å². The van der Waals surface area contributed by atoms with E-state index >= 15 is 0 Å². The van der Waals surface area contributed by atoms with Gasteiger partial charge in [0.1, 0.15) is 5.52 Å². The molecule has 1 aromatic heterocycles. The summed E-state index contributed by atoms with van der Waals surface area (Å²) in [7, 11) is 0. The molecule has 0 aliphatic carbocycles. The zero-order chi connectivity index (χ0) is 18.5. The summed E-state index contributed by atoms with van der Waals surface area (Å²) in [6, 6.07) is 16.9. The Morgan fingerprint density at radius 1 is 1.08 bits per heavy atom. The van der Waals surface area contributed by atoms with Crippen LogP contribution in [0.4, 0.5) is 0 Å². The molecule has 6 heteroatoms. The van der Waals surface area contributed by atoms with Crippen LogP contribution in [0.15, 0.2) is 59.4 Å². The Hall–Kier alpha value is -3.02. The van der Waals surface area contributed by atoms with Gasteiger partial charge in [0, 0.05) is 6.42 Å². The van der Waals surface area contributed by atoms with Crippen molar-refractivity contribution in [3.05, 3.63) is 70.5 Å². The average molecular weight is 350 g/mol. The molecule has 0 aliphatic rings. The van der Waals surface area contributed by atoms with Crippen molar-refractivity contribution in [1.29, 1.82) is 0 Å². The van der Waals surface area contributed by atoms with Gasteiger partial charge in [-0.05, 0) is 23.6 Å². The molecule has 6 nitrogen and oxygen atoms in total. The summed E-state index contributed by atoms with van der Waals surface area (Å²) in [4.78, 5) is 24.8. The number of fused-ring (bicyclic) bond motifs is 1. The summed E-state index contributed by atoms with van der Waals surface area (Å²) < 4.78 is 1.24. The first-order valence-electron chi connectivity index (χ1n) is 8.73. The number of nitrogens with one attached hydrogen (secondary N) is 1. The molecule has 26 heavy (non-hydrogen) atoms. The van der Waals surface area contributed by atoms with E-state index < -0.39 is 0 Å². The fraction of sp³-hybridized carbons (Fsp3) is 0.300. The van der Waals surface area contributed by atoms with E-state index in [1.807, 2.05) is 36.4 Å². The molecule has 3 aromatic rings. The van der Waals surface area contributed by atoms with Crippen LogP contribution in [0, 0.1) is 5.92 Å². The zero-order valence-electron chi connectivity index (χ0n) is 14.9. The van der Waals surface area contributed by atoms with Gasteiger partial charge in [-0.1, -0.05) is 61.5 Å². The van der Waals surface area contributed by atoms with Gasteiger partial charge >= 0.3 is 0 Å². The maximum Gasteiger partial charge on any atom is 0.277 e. The molecule has 1 atom stereocenters. The number of aryl methyl sites for hydroxylation is 1. The summed E-state index contributed by atoms with van der Waals surface area (Å²) in [5.74, 6) is 0.138. The van der Waals surface area contributed by atoms with Crippen molar-refractivity contribution in [2.45, 2.75) is 32.9 Å². The first-order chi connectivity index (χ1) is 12.6. The molecule has 2 aromatic carbocycles. The minimum Gasteiger partial charge on any atom is -0.349 e. The quantitative estimate of drug-likeness (QED) is 0.741. The van der Waals surface area contributed by atoms with Gasteiger partial charge in [-0.25, -0.2) is 4.68 Å². The van der Waals surface area contributed by atoms with E-state index in [1.54, 1.807) is 18.2 Å². The number of nitrogens with zero attached hydrogens (tertiary/aromatic N) is 3. The van der Waals surface area contributed by atoms with E-state index in [-0.39, 0.29) is 36.4 Å². The van der Waals surface area contributed by atoms with Gasteiger partial charge in [0.05, 0.1) is 18.0 Å². The van der Waals surface area contributed by atoms with Gasteiger partial charge in [-0.15, -0.1) is 5.10 Å². The first-order valence-corrected chi connectivity index (χ1v) is 8.73. The van der Waals surface area contributed by atoms with Crippen molar-refractivity contribution in [3.8, 4) is 0 Å². The highest BCUT2D eigenvalue weighted by Gasteiger charge is 2.18. The minimum absolute atomic E-state index is 0.0666. The predicted molar refractivity (Wildman–Crippen MR) is 101 cm³/mol. The van der Waals surface area contributed by atoms with Crippen LogP contribution in [0.1, 0.15) is 31.9 Å². The second kappa shape index (κ2) is 7.91. The topological polar surface area (TPSA) is 76.9 Å². The summed E-state index contributed by atoms with van der Waals surface area (Å²) >= 11 is 0. The molecule has 1 amide bonds. The monoisotopic (exact) mass is 350 g/mol. The number of amides is 1. The highest BCUT2D eigenvalue weighted by molar-refractivity contribution is 5.77. The predicted octanol–water partition coefficient (Wildman–Crippen LogP) is 2.70. The zero-order valence-corrected chi connectivity index (χ0v) is 14.9. The van der Waals surface area contributed by atoms with Gasteiger partial charge in [0.25, 0.3) is 5.56 Å². The third-order valence-corrected chi connectivity index (χ3v) is 4.32. The molecule has 0 unspecified atom stereocenters. The van der Waals surface area contributed by atoms with Crippen molar-refractivity contribution < 1.29 is 4.79 Å². The van der Waals surface area contributed by atoms with E-state index in [4.69, 9.17) is 0 Å². The van der Waals surface area contributed by atoms with E-state index in [0.29, 0.717) is 10.9 Å². The van der Waals surface area contributed by atoms with Crippen molar-refractivity contribution in [2.75, 3.05) is 0 Å². The maximum absolute atomic E-state index is 12.4. The Morgan fingerprint density at radius 2 is 1.77 bits per heavy atom. The minimum atomic E-state index is -0.230. The average Bonchev–Trinajstić information content (AvgIpc) is 2.66. The fourth-order valence-electron chi connectivity index (χ4n) is 2.92. The van der Waals surface area contributed by atoms with Crippen LogP contribution in [0.2, 0.25) is 0 Å². The highest BCUT2D eigenvalue weighted by atomic mass is 16.2. The van der Waals surface area contributed by atoms with E-state index in [1.165, 1.54) is 4.68 Å². The smallest absolute Gasteiger partial charge is 0.277 e. The van der Waals surface area contributed by atoms with E-state index in [0.717, 1.165) is 5.56 Å². The molecule has 0 spiro atoms. The molecule has 0 radical (unpaired) electrons. The standard InChI is InChI=1S/C20H22N4O2/c1-14(2)19(15-8-4-3-5-9-15)21-18(25)12-13-24-20(26)16-10-6-7-11-17(16)22-23-24/h3-11,14,19H,12-13H2,1-2H3,(H,21,25)/t19-/m1/s1. The molecular weight excluding hydrogens is 328 g/mol. The van der Waals surface area contributed by atoms with Crippen LogP contribution in [-0.2, 0) is 11.3 Å². The summed E-state index contributed by atoms with van der Waals surface area (Å²) in [5.41, 5.74) is 1.40. The Balaban J connectivity index is 1.69. The van der Waals surface area contributed by atoms with Crippen LogP contribution in [0.5, 0.6) is 0 Å². The summed E-state index contributed by atoms with van der Waals surface area (Å²) in [6.45, 7) is 4.33. The molecule has 0 fully saturated rings. The normalized spacial score (nSPS) is 12.3. The number of hydrogen-bond acceptors (Lipinski definition) is 4. The van der Waals surface area contributed by atoms with Gasteiger partial charge in [-0.3, -0.25) is 9.59 Å². The molecule has 0 aliphatic heterocycles.